The van der Waals surface area contributed by atoms with Gasteiger partial charge < -0.3 is 0 Å². The van der Waals surface area contributed by atoms with E-state index in [9.17, 15) is 0 Å². The summed E-state index contributed by atoms with van der Waals surface area (Å²) in [4.78, 5) is 8.67. The van der Waals surface area contributed by atoms with E-state index < -0.39 is 0 Å². The Morgan fingerprint density at radius 1 is 1.10 bits per heavy atom. The molecule has 0 radical (unpaired) electrons. The summed E-state index contributed by atoms with van der Waals surface area (Å²) in [5.74, 6) is 0. The third-order valence-electron chi connectivity index (χ3n) is 2.70. The minimum atomic E-state index is 0.286. The van der Waals surface area contributed by atoms with Gasteiger partial charge in [-0.15, -0.1) is 0 Å². The van der Waals surface area contributed by atoms with Gasteiger partial charge in [-0.3, -0.25) is 4.40 Å². The number of hydrogen-bond acceptors (Lipinski definition) is 2. The molecular formula is C12H4Br2Cl3N3. The van der Waals surface area contributed by atoms with Gasteiger partial charge in [0.05, 0.1) is 21.4 Å². The normalized spacial score (nSPS) is 11.2. The van der Waals surface area contributed by atoms with Gasteiger partial charge in [0.1, 0.15) is 4.60 Å². The maximum Gasteiger partial charge on any atom is 0.210 e. The smallest absolute Gasteiger partial charge is 0.210 e. The quantitative estimate of drug-likeness (QED) is 0.428. The third-order valence-corrected chi connectivity index (χ3v) is 4.79. The standard InChI is InChI=1S/C12H4Br2Cl3N3/c13-8-4-18-11-9(14)10(19-12(17)20(8)11)6-2-1-5(15)3-7(6)16/h1-4H. The van der Waals surface area contributed by atoms with Crippen molar-refractivity contribution in [3.63, 3.8) is 0 Å². The fourth-order valence-corrected chi connectivity index (χ4v) is 3.69. The van der Waals surface area contributed by atoms with Crippen molar-refractivity contribution < 1.29 is 0 Å². The van der Waals surface area contributed by atoms with Crippen LogP contribution in [-0.2, 0) is 0 Å². The Morgan fingerprint density at radius 2 is 1.85 bits per heavy atom. The molecule has 0 unspecified atom stereocenters. The average molecular weight is 456 g/mol. The molecule has 8 heteroatoms. The molecule has 20 heavy (non-hydrogen) atoms. The molecule has 0 amide bonds. The van der Waals surface area contributed by atoms with Crippen molar-refractivity contribution in [1.29, 1.82) is 0 Å². The zero-order valence-corrected chi connectivity index (χ0v) is 15.0. The topological polar surface area (TPSA) is 30.2 Å². The molecule has 102 valence electrons. The molecule has 0 spiro atoms. The van der Waals surface area contributed by atoms with Crippen LogP contribution in [0.25, 0.3) is 16.9 Å². The second-order valence-electron chi connectivity index (χ2n) is 3.91. The van der Waals surface area contributed by atoms with E-state index in [0.717, 1.165) is 10.2 Å². The maximum absolute atomic E-state index is 6.22. The number of rotatable bonds is 1. The summed E-state index contributed by atoms with van der Waals surface area (Å²) >= 11 is 25.2. The van der Waals surface area contributed by atoms with Crippen LogP contribution in [-0.4, -0.2) is 14.4 Å². The van der Waals surface area contributed by atoms with E-state index in [1.807, 2.05) is 0 Å². The summed E-state index contributed by atoms with van der Waals surface area (Å²) in [6.45, 7) is 0. The molecule has 0 bridgehead atoms. The molecule has 0 atom stereocenters. The van der Waals surface area contributed by atoms with Crippen molar-refractivity contribution in [3.05, 3.63) is 48.8 Å². The zero-order chi connectivity index (χ0) is 14.4. The molecule has 0 aliphatic carbocycles. The number of halogens is 5. The predicted molar refractivity (Wildman–Crippen MR) is 88.9 cm³/mol. The molecule has 3 rings (SSSR count). The molecule has 2 aromatic heterocycles. The van der Waals surface area contributed by atoms with Crippen LogP contribution in [0.1, 0.15) is 0 Å². The van der Waals surface area contributed by atoms with Crippen LogP contribution >= 0.6 is 66.7 Å². The van der Waals surface area contributed by atoms with E-state index in [2.05, 4.69) is 41.8 Å². The van der Waals surface area contributed by atoms with Gasteiger partial charge in [0.2, 0.25) is 5.28 Å². The molecule has 0 saturated heterocycles. The SMILES string of the molecule is Clc1ccc(-c2nc(Cl)n3c(Br)cnc3c2Br)c(Cl)c1. The molecule has 3 aromatic rings. The Hall–Kier alpha value is -0.330. The van der Waals surface area contributed by atoms with E-state index in [4.69, 9.17) is 34.8 Å². The van der Waals surface area contributed by atoms with Crippen molar-refractivity contribution >= 4 is 72.3 Å². The van der Waals surface area contributed by atoms with E-state index >= 15 is 0 Å². The second-order valence-corrected chi connectivity index (χ2v) is 6.69. The Balaban J connectivity index is 2.34. The minimum Gasteiger partial charge on any atom is -0.260 e. The van der Waals surface area contributed by atoms with Crippen molar-refractivity contribution in [2.24, 2.45) is 0 Å². The largest absolute Gasteiger partial charge is 0.260 e. The maximum atomic E-state index is 6.22. The van der Waals surface area contributed by atoms with Crippen LogP contribution in [0.2, 0.25) is 15.3 Å². The van der Waals surface area contributed by atoms with Crippen molar-refractivity contribution in [3.8, 4) is 11.3 Å². The highest BCUT2D eigenvalue weighted by Gasteiger charge is 2.17. The van der Waals surface area contributed by atoms with E-state index in [0.29, 0.717) is 25.9 Å². The molecule has 2 heterocycles. The van der Waals surface area contributed by atoms with Gasteiger partial charge in [-0.05, 0) is 61.7 Å². The predicted octanol–water partition coefficient (Wildman–Crippen LogP) is 5.88. The van der Waals surface area contributed by atoms with Crippen LogP contribution in [0.15, 0.2) is 33.5 Å². The summed E-state index contributed by atoms with van der Waals surface area (Å²) in [7, 11) is 0. The summed E-state index contributed by atoms with van der Waals surface area (Å²) < 4.78 is 3.11. The average Bonchev–Trinajstić information content (AvgIpc) is 2.77. The number of hydrogen-bond donors (Lipinski definition) is 0. The molecule has 0 aliphatic rings. The number of fused-ring (bicyclic) bond motifs is 1. The van der Waals surface area contributed by atoms with Gasteiger partial charge in [0.25, 0.3) is 0 Å². The number of benzene rings is 1. The fraction of sp³-hybridized carbons (Fsp3) is 0. The fourth-order valence-electron chi connectivity index (χ4n) is 1.82. The minimum absolute atomic E-state index is 0.286. The first kappa shape index (κ1) is 14.6. The highest BCUT2D eigenvalue weighted by molar-refractivity contribution is 9.11. The zero-order valence-electron chi connectivity index (χ0n) is 9.54. The highest BCUT2D eigenvalue weighted by atomic mass is 79.9. The molecule has 0 aliphatic heterocycles. The number of aromatic nitrogens is 3. The number of imidazole rings is 1. The van der Waals surface area contributed by atoms with Gasteiger partial charge in [-0.25, -0.2) is 9.97 Å². The third kappa shape index (κ3) is 2.35. The monoisotopic (exact) mass is 453 g/mol. The van der Waals surface area contributed by atoms with E-state index in [1.165, 1.54) is 0 Å². The van der Waals surface area contributed by atoms with Crippen LogP contribution in [0.4, 0.5) is 0 Å². The Bertz CT molecular complexity index is 832. The lowest BCUT2D eigenvalue weighted by molar-refractivity contribution is 1.06. The van der Waals surface area contributed by atoms with Crippen LogP contribution in [0.3, 0.4) is 0 Å². The summed E-state index contributed by atoms with van der Waals surface area (Å²) in [5, 5.41) is 1.34. The van der Waals surface area contributed by atoms with Crippen molar-refractivity contribution in [2.75, 3.05) is 0 Å². The summed E-state index contributed by atoms with van der Waals surface area (Å²) in [6, 6.07) is 5.20. The summed E-state index contributed by atoms with van der Waals surface area (Å²) in [6.07, 6.45) is 1.65. The number of nitrogens with zero attached hydrogens (tertiary/aromatic N) is 3. The van der Waals surface area contributed by atoms with Crippen molar-refractivity contribution in [1.82, 2.24) is 14.4 Å². The van der Waals surface area contributed by atoms with Crippen molar-refractivity contribution in [2.45, 2.75) is 0 Å². The Morgan fingerprint density at radius 3 is 2.55 bits per heavy atom. The van der Waals surface area contributed by atoms with Crippen LogP contribution in [0, 0.1) is 0 Å². The molecule has 0 N–H and O–H groups in total. The Kier molecular flexibility index (Phi) is 3.99. The van der Waals surface area contributed by atoms with E-state index in [1.54, 1.807) is 28.8 Å². The van der Waals surface area contributed by atoms with Crippen LogP contribution < -0.4 is 0 Å². The molecule has 0 fully saturated rings. The lowest BCUT2D eigenvalue weighted by Crippen LogP contribution is -1.97. The first-order valence-electron chi connectivity index (χ1n) is 5.32. The van der Waals surface area contributed by atoms with Gasteiger partial charge in [0, 0.05) is 10.6 Å². The lowest BCUT2D eigenvalue weighted by Gasteiger charge is -2.09. The van der Waals surface area contributed by atoms with E-state index in [-0.39, 0.29) is 5.28 Å². The summed E-state index contributed by atoms with van der Waals surface area (Å²) in [5.41, 5.74) is 1.99. The lowest BCUT2D eigenvalue weighted by atomic mass is 10.1. The van der Waals surface area contributed by atoms with Gasteiger partial charge in [-0.2, -0.15) is 0 Å². The molecule has 0 saturated carbocycles. The first-order chi connectivity index (χ1) is 9.49. The molecule has 3 nitrogen and oxygen atoms in total. The van der Waals surface area contributed by atoms with Crippen LogP contribution in [0.5, 0.6) is 0 Å². The first-order valence-corrected chi connectivity index (χ1v) is 8.04. The second kappa shape index (κ2) is 5.46. The highest BCUT2D eigenvalue weighted by Crippen LogP contribution is 2.37. The Labute approximate surface area is 146 Å². The molecule has 1 aromatic carbocycles. The molecular weight excluding hydrogens is 452 g/mol. The van der Waals surface area contributed by atoms with Gasteiger partial charge in [-0.1, -0.05) is 23.2 Å². The van der Waals surface area contributed by atoms with Gasteiger partial charge >= 0.3 is 0 Å². The van der Waals surface area contributed by atoms with Gasteiger partial charge in [0.15, 0.2) is 5.65 Å².